The van der Waals surface area contributed by atoms with Crippen molar-refractivity contribution in [3.8, 4) is 0 Å². The molecular weight excluding hydrogens is 412 g/mol. The number of rotatable bonds is 5. The van der Waals surface area contributed by atoms with Crippen molar-refractivity contribution in [2.24, 2.45) is 0 Å². The Morgan fingerprint density at radius 3 is 3.00 bits per heavy atom. The fourth-order valence-corrected chi connectivity index (χ4v) is 4.38. The van der Waals surface area contributed by atoms with Crippen molar-refractivity contribution in [3.63, 3.8) is 0 Å². The molecule has 0 aliphatic carbocycles. The van der Waals surface area contributed by atoms with E-state index in [1.807, 2.05) is 25.1 Å². The van der Waals surface area contributed by atoms with Crippen LogP contribution in [0.4, 0.5) is 5.69 Å². The molecule has 4 rings (SSSR count). The molecule has 4 N–H and O–H groups in total. The van der Waals surface area contributed by atoms with Crippen molar-refractivity contribution < 1.29 is 24.2 Å². The van der Waals surface area contributed by atoms with Crippen LogP contribution < -0.4 is 16.1 Å². The van der Waals surface area contributed by atoms with Crippen LogP contribution >= 0.6 is 0 Å². The van der Waals surface area contributed by atoms with Crippen LogP contribution in [0.2, 0.25) is 0 Å². The minimum atomic E-state index is -0.231. The quantitative estimate of drug-likeness (QED) is 0.510. The van der Waals surface area contributed by atoms with Crippen LogP contribution in [0.1, 0.15) is 43.7 Å². The Morgan fingerprint density at radius 1 is 1.38 bits per heavy atom. The average Bonchev–Trinajstić information content (AvgIpc) is 2.88. The van der Waals surface area contributed by atoms with E-state index in [1.165, 1.54) is 0 Å². The topological polar surface area (TPSA) is 104 Å². The van der Waals surface area contributed by atoms with E-state index in [-0.39, 0.29) is 18.1 Å². The maximum absolute atomic E-state index is 11.9. The smallest absolute Gasteiger partial charge is 0.323 e. The number of piperidine rings is 1. The monoisotopic (exact) mass is 444 g/mol. The van der Waals surface area contributed by atoms with Crippen LogP contribution in [0.5, 0.6) is 0 Å². The van der Waals surface area contributed by atoms with Crippen molar-refractivity contribution in [1.82, 2.24) is 15.9 Å². The van der Waals surface area contributed by atoms with Gasteiger partial charge in [0.05, 0.1) is 26.0 Å². The Labute approximate surface area is 188 Å². The highest BCUT2D eigenvalue weighted by Gasteiger charge is 2.28. The van der Waals surface area contributed by atoms with Crippen molar-refractivity contribution in [2.75, 3.05) is 32.2 Å². The van der Waals surface area contributed by atoms with Crippen LogP contribution in [-0.4, -0.2) is 55.3 Å². The van der Waals surface area contributed by atoms with Crippen LogP contribution in [0, 0.1) is 0 Å². The molecule has 3 aliphatic heterocycles. The third-order valence-electron chi connectivity index (χ3n) is 5.97. The largest absolute Gasteiger partial charge is 0.481 e. The number of esters is 1. The minimum absolute atomic E-state index is 0.176. The molecule has 1 saturated heterocycles. The zero-order chi connectivity index (χ0) is 22.5. The molecule has 3 aliphatic rings. The van der Waals surface area contributed by atoms with Gasteiger partial charge in [-0.1, -0.05) is 6.07 Å². The third-order valence-corrected chi connectivity index (χ3v) is 5.97. The number of carbonyl (C=O) groups excluding carboxylic acids is 1. The number of allylic oxidation sites excluding steroid dienone is 2. The minimum Gasteiger partial charge on any atom is -0.481 e. The van der Waals surface area contributed by atoms with E-state index in [0.717, 1.165) is 58.9 Å². The predicted molar refractivity (Wildman–Crippen MR) is 119 cm³/mol. The Morgan fingerprint density at radius 2 is 2.25 bits per heavy atom. The summed E-state index contributed by atoms with van der Waals surface area (Å²) in [5, 5.41) is 18.5. The summed E-state index contributed by atoms with van der Waals surface area (Å²) in [6.07, 6.45) is 5.17. The number of anilines is 1. The van der Waals surface area contributed by atoms with E-state index in [2.05, 4.69) is 22.1 Å². The number of hydrogen-bond acceptors (Lipinski definition) is 9. The molecule has 0 saturated carbocycles. The van der Waals surface area contributed by atoms with Crippen molar-refractivity contribution in [1.29, 1.82) is 0 Å². The number of hydrazine groups is 1. The molecule has 1 aromatic rings. The fourth-order valence-electron chi connectivity index (χ4n) is 4.38. The SMILES string of the molecule is CCOC(=O)[C@@H]1CC[C@@H](Nc2ccc3c(c2)COCCCC2=C3N(O)NC(OC)=C2)CN1. The molecule has 174 valence electrons. The lowest BCUT2D eigenvalue weighted by molar-refractivity contribution is -0.146. The van der Waals surface area contributed by atoms with E-state index in [4.69, 9.17) is 14.2 Å². The lowest BCUT2D eigenvalue weighted by Gasteiger charge is -2.31. The molecule has 0 aromatic heterocycles. The van der Waals surface area contributed by atoms with Crippen molar-refractivity contribution in [2.45, 2.75) is 51.3 Å². The zero-order valence-corrected chi connectivity index (χ0v) is 18.6. The molecule has 0 spiro atoms. The summed E-state index contributed by atoms with van der Waals surface area (Å²) in [7, 11) is 1.57. The van der Waals surface area contributed by atoms with Gasteiger partial charge in [-0.2, -0.15) is 5.17 Å². The fraction of sp³-hybridized carbons (Fsp3) is 0.522. The summed E-state index contributed by atoms with van der Waals surface area (Å²) in [5.41, 5.74) is 7.45. The Kier molecular flexibility index (Phi) is 7.19. The Balaban J connectivity index is 1.51. The van der Waals surface area contributed by atoms with Gasteiger partial charge in [-0.05, 0) is 55.9 Å². The van der Waals surface area contributed by atoms with Gasteiger partial charge in [0, 0.05) is 36.5 Å². The van der Waals surface area contributed by atoms with Crippen molar-refractivity contribution >= 4 is 17.4 Å². The van der Waals surface area contributed by atoms with Gasteiger partial charge in [0.2, 0.25) is 5.88 Å². The molecule has 0 radical (unpaired) electrons. The van der Waals surface area contributed by atoms with Gasteiger partial charge in [-0.3, -0.25) is 10.0 Å². The lowest BCUT2D eigenvalue weighted by Crippen LogP contribution is -2.48. The number of benzene rings is 1. The van der Waals surface area contributed by atoms with Gasteiger partial charge in [-0.25, -0.2) is 5.43 Å². The zero-order valence-electron chi connectivity index (χ0n) is 18.6. The van der Waals surface area contributed by atoms with E-state index in [1.54, 1.807) is 7.11 Å². The second-order valence-electron chi connectivity index (χ2n) is 8.17. The number of nitrogens with one attached hydrogen (secondary N) is 3. The first-order valence-corrected chi connectivity index (χ1v) is 11.2. The molecule has 0 bridgehead atoms. The Hall–Kier alpha value is -2.75. The van der Waals surface area contributed by atoms with E-state index in [0.29, 0.717) is 32.2 Å². The van der Waals surface area contributed by atoms with Crippen LogP contribution in [0.25, 0.3) is 5.70 Å². The number of fused-ring (bicyclic) bond motifs is 2. The van der Waals surface area contributed by atoms with Gasteiger partial charge in [-0.15, -0.1) is 0 Å². The molecule has 2 atom stereocenters. The molecular formula is C23H32N4O5. The van der Waals surface area contributed by atoms with E-state index < -0.39 is 0 Å². The highest BCUT2D eigenvalue weighted by Crippen LogP contribution is 2.34. The summed E-state index contributed by atoms with van der Waals surface area (Å²) in [5.74, 6) is 0.321. The summed E-state index contributed by atoms with van der Waals surface area (Å²) < 4.78 is 16.3. The van der Waals surface area contributed by atoms with E-state index >= 15 is 0 Å². The van der Waals surface area contributed by atoms with Crippen LogP contribution in [0.3, 0.4) is 0 Å². The van der Waals surface area contributed by atoms with E-state index in [9.17, 15) is 10.0 Å². The molecule has 32 heavy (non-hydrogen) atoms. The molecule has 9 heteroatoms. The maximum atomic E-state index is 11.9. The number of ether oxygens (including phenoxy) is 3. The van der Waals surface area contributed by atoms with Gasteiger partial charge >= 0.3 is 5.97 Å². The maximum Gasteiger partial charge on any atom is 0.323 e. The summed E-state index contributed by atoms with van der Waals surface area (Å²) in [4.78, 5) is 11.9. The third kappa shape index (κ3) is 5.01. The van der Waals surface area contributed by atoms with Crippen LogP contribution in [-0.2, 0) is 25.6 Å². The highest BCUT2D eigenvalue weighted by atomic mass is 16.6. The molecule has 0 unspecified atom stereocenters. The lowest BCUT2D eigenvalue weighted by atomic mass is 9.97. The van der Waals surface area contributed by atoms with Gasteiger partial charge in [0.25, 0.3) is 0 Å². The van der Waals surface area contributed by atoms with Gasteiger partial charge in [0.1, 0.15) is 6.04 Å². The molecule has 9 nitrogen and oxygen atoms in total. The Bertz CT molecular complexity index is 892. The normalized spacial score (nSPS) is 23.5. The molecule has 3 heterocycles. The summed E-state index contributed by atoms with van der Waals surface area (Å²) >= 11 is 0. The van der Waals surface area contributed by atoms with Gasteiger partial charge < -0.3 is 24.8 Å². The average molecular weight is 445 g/mol. The van der Waals surface area contributed by atoms with Crippen LogP contribution in [0.15, 0.2) is 35.7 Å². The second kappa shape index (κ2) is 10.2. The second-order valence-corrected chi connectivity index (χ2v) is 8.17. The number of hydrogen-bond donors (Lipinski definition) is 4. The number of carbonyl (C=O) groups is 1. The molecule has 1 fully saturated rings. The van der Waals surface area contributed by atoms with Crippen molar-refractivity contribution in [3.05, 3.63) is 46.9 Å². The molecule has 1 aromatic carbocycles. The summed E-state index contributed by atoms with van der Waals surface area (Å²) in [6, 6.07) is 6.08. The first-order valence-electron chi connectivity index (χ1n) is 11.2. The first kappa shape index (κ1) is 22.4. The number of hydroxylamine groups is 1. The first-order chi connectivity index (χ1) is 15.6. The highest BCUT2D eigenvalue weighted by molar-refractivity contribution is 5.76. The number of methoxy groups -OCH3 is 1. The predicted octanol–water partition coefficient (Wildman–Crippen LogP) is 2.50. The summed E-state index contributed by atoms with van der Waals surface area (Å²) in [6.45, 7) is 4.01. The molecule has 0 amide bonds. The standard InChI is InChI=1S/C23H32N4O5/c1-3-32-23(28)20-9-7-18(13-24-20)25-17-6-8-19-16(11-17)14-31-10-4-5-15-12-21(30-2)26-27(29)22(15)19/h6,8,11-12,18,20,24-26,29H,3-5,7,9-10,13-14H2,1-2H3/t18-,20+/m1/s1. The van der Waals surface area contributed by atoms with Gasteiger partial charge in [0.15, 0.2) is 0 Å². The number of nitrogens with zero attached hydrogens (tertiary/aromatic N) is 1.